The molecule has 0 heterocycles. The third-order valence-corrected chi connectivity index (χ3v) is 2.72. The monoisotopic (exact) mass is 255 g/mol. The van der Waals surface area contributed by atoms with Crippen LogP contribution in [0.15, 0.2) is 0 Å². The number of hydrogen-bond acceptors (Lipinski definition) is 4. The van der Waals surface area contributed by atoms with E-state index in [-0.39, 0.29) is 13.0 Å². The topological polar surface area (TPSA) is 83.6 Å². The Balaban J connectivity index is 3.78. The molecule has 0 aromatic rings. The summed E-state index contributed by atoms with van der Waals surface area (Å²) in [4.78, 5) is 9.94. The molecule has 1 atom stereocenters. The largest absolute Gasteiger partial charge is 0.396 e. The molecular weight excluding hydrogens is 242 g/mol. The minimum Gasteiger partial charge on any atom is -0.396 e. The van der Waals surface area contributed by atoms with Gasteiger partial charge in [-0.1, -0.05) is 6.42 Å². The number of aliphatic hydroxyl groups excluding tert-OH is 2. The van der Waals surface area contributed by atoms with Crippen LogP contribution in [0.5, 0.6) is 0 Å². The Morgan fingerprint density at radius 3 is 2.31 bits per heavy atom. The number of nitro groups is 1. The Bertz CT molecular complexity index is 167. The Kier molecular flexibility index (Phi) is 6.19. The smallest absolute Gasteiger partial charge is 0.297 e. The van der Waals surface area contributed by atoms with Crippen molar-refractivity contribution in [3.05, 3.63) is 10.1 Å². The first-order valence-corrected chi connectivity index (χ1v) is 4.91. The van der Waals surface area contributed by atoms with Crippen LogP contribution >= 0.6 is 15.9 Å². The van der Waals surface area contributed by atoms with Crippen LogP contribution in [0, 0.1) is 10.1 Å². The van der Waals surface area contributed by atoms with Gasteiger partial charge in [0.2, 0.25) is 0 Å². The van der Waals surface area contributed by atoms with Gasteiger partial charge in [-0.05, 0) is 12.8 Å². The first-order valence-electron chi connectivity index (χ1n) is 4.12. The van der Waals surface area contributed by atoms with Gasteiger partial charge in [0, 0.05) is 33.9 Å². The van der Waals surface area contributed by atoms with Gasteiger partial charge in [-0.15, -0.1) is 0 Å². The molecule has 5 nitrogen and oxygen atoms in total. The van der Waals surface area contributed by atoms with Gasteiger partial charge in [-0.3, -0.25) is 10.1 Å². The summed E-state index contributed by atoms with van der Waals surface area (Å²) in [5.74, 6) is 0. The van der Waals surface area contributed by atoms with Crippen molar-refractivity contribution in [2.75, 3.05) is 13.2 Å². The second-order valence-corrected chi connectivity index (χ2v) is 4.34. The third kappa shape index (κ3) is 4.54. The molecule has 1 unspecified atom stereocenters. The van der Waals surface area contributed by atoms with Crippen molar-refractivity contribution in [3.8, 4) is 0 Å². The van der Waals surface area contributed by atoms with Crippen LogP contribution in [0.2, 0.25) is 0 Å². The lowest BCUT2D eigenvalue weighted by molar-refractivity contribution is -0.540. The lowest BCUT2D eigenvalue weighted by Crippen LogP contribution is -2.35. The fraction of sp³-hybridized carbons (Fsp3) is 1.00. The predicted octanol–water partition coefficient (Wildman–Crippen LogP) is 0.899. The maximum Gasteiger partial charge on any atom is 0.297 e. The molecule has 0 aromatic carbocycles. The second-order valence-electron chi connectivity index (χ2n) is 2.87. The molecule has 0 aliphatic rings. The third-order valence-electron chi connectivity index (χ3n) is 1.79. The summed E-state index contributed by atoms with van der Waals surface area (Å²) in [7, 11) is 0. The molecule has 0 amide bonds. The fourth-order valence-corrected chi connectivity index (χ4v) is 1.19. The van der Waals surface area contributed by atoms with Crippen LogP contribution in [0.4, 0.5) is 0 Å². The summed E-state index contributed by atoms with van der Waals surface area (Å²) < 4.78 is -1.40. The van der Waals surface area contributed by atoms with E-state index in [0.29, 0.717) is 12.8 Å². The number of unbranched alkanes of at least 4 members (excludes halogenated alkanes) is 2. The molecule has 6 heteroatoms. The van der Waals surface area contributed by atoms with Crippen LogP contribution in [-0.4, -0.2) is 32.8 Å². The normalized spacial score (nSPS) is 15.3. The van der Waals surface area contributed by atoms with E-state index in [4.69, 9.17) is 10.2 Å². The van der Waals surface area contributed by atoms with Gasteiger partial charge in [0.05, 0.1) is 0 Å². The van der Waals surface area contributed by atoms with Gasteiger partial charge in [-0.25, -0.2) is 0 Å². The van der Waals surface area contributed by atoms with E-state index in [0.717, 1.165) is 6.42 Å². The zero-order valence-corrected chi connectivity index (χ0v) is 8.86. The SMILES string of the molecule is O=[N+]([O-])C(Br)(CO)CCCCCO. The van der Waals surface area contributed by atoms with Gasteiger partial charge >= 0.3 is 0 Å². The highest BCUT2D eigenvalue weighted by Gasteiger charge is 2.37. The highest BCUT2D eigenvalue weighted by molar-refractivity contribution is 9.10. The van der Waals surface area contributed by atoms with Crippen LogP contribution < -0.4 is 0 Å². The quantitative estimate of drug-likeness (QED) is 0.233. The van der Waals surface area contributed by atoms with Crippen molar-refractivity contribution in [1.29, 1.82) is 0 Å². The average Bonchev–Trinajstić information content (AvgIpc) is 2.12. The van der Waals surface area contributed by atoms with Gasteiger partial charge in [-0.2, -0.15) is 0 Å². The number of aliphatic hydroxyl groups is 2. The van der Waals surface area contributed by atoms with Gasteiger partial charge in [0.1, 0.15) is 6.61 Å². The molecule has 13 heavy (non-hydrogen) atoms. The minimum atomic E-state index is -1.40. The molecule has 0 rings (SSSR count). The molecular formula is C7H14BrNO4. The van der Waals surface area contributed by atoms with E-state index in [1.54, 1.807) is 0 Å². The molecule has 0 spiro atoms. The molecule has 0 fully saturated rings. The second kappa shape index (κ2) is 6.28. The lowest BCUT2D eigenvalue weighted by Gasteiger charge is -2.15. The molecule has 0 aliphatic heterocycles. The summed E-state index contributed by atoms with van der Waals surface area (Å²) in [6.45, 7) is -0.411. The van der Waals surface area contributed by atoms with Gasteiger partial charge in [0.15, 0.2) is 0 Å². The maximum absolute atomic E-state index is 10.5. The predicted molar refractivity (Wildman–Crippen MR) is 51.3 cm³/mol. The highest BCUT2D eigenvalue weighted by Crippen LogP contribution is 2.25. The Hall–Kier alpha value is -0.200. The minimum absolute atomic E-state index is 0.104. The van der Waals surface area contributed by atoms with Crippen molar-refractivity contribution in [1.82, 2.24) is 0 Å². The molecule has 78 valence electrons. The van der Waals surface area contributed by atoms with Gasteiger partial charge < -0.3 is 10.2 Å². The average molecular weight is 256 g/mol. The first kappa shape index (κ1) is 12.8. The first-order chi connectivity index (χ1) is 6.06. The van der Waals surface area contributed by atoms with Crippen molar-refractivity contribution >= 4 is 15.9 Å². The summed E-state index contributed by atoms with van der Waals surface area (Å²) in [6.07, 6.45) is 2.27. The van der Waals surface area contributed by atoms with E-state index in [9.17, 15) is 10.1 Å². The van der Waals surface area contributed by atoms with E-state index >= 15 is 0 Å². The number of alkyl halides is 1. The molecule has 0 aromatic heterocycles. The molecule has 0 radical (unpaired) electrons. The summed E-state index contributed by atoms with van der Waals surface area (Å²) >= 11 is 2.89. The molecule has 2 N–H and O–H groups in total. The van der Waals surface area contributed by atoms with Crippen molar-refractivity contribution < 1.29 is 15.1 Å². The zero-order chi connectivity index (χ0) is 10.3. The summed E-state index contributed by atoms with van der Waals surface area (Å²) in [5.41, 5.74) is 0. The van der Waals surface area contributed by atoms with Crippen molar-refractivity contribution in [2.24, 2.45) is 0 Å². The Labute approximate surface area is 85.0 Å². The molecule has 0 aliphatic carbocycles. The van der Waals surface area contributed by atoms with Gasteiger partial charge in [0.25, 0.3) is 4.45 Å². The van der Waals surface area contributed by atoms with E-state index in [1.807, 2.05) is 0 Å². The molecule has 0 saturated heterocycles. The summed E-state index contributed by atoms with van der Waals surface area (Å²) in [5, 5.41) is 27.7. The van der Waals surface area contributed by atoms with E-state index in [2.05, 4.69) is 15.9 Å². The molecule has 0 bridgehead atoms. The zero-order valence-electron chi connectivity index (χ0n) is 7.28. The van der Waals surface area contributed by atoms with Crippen LogP contribution in [0.25, 0.3) is 0 Å². The van der Waals surface area contributed by atoms with Crippen molar-refractivity contribution in [3.63, 3.8) is 0 Å². The van der Waals surface area contributed by atoms with Crippen LogP contribution in [0.3, 0.4) is 0 Å². The van der Waals surface area contributed by atoms with Crippen LogP contribution in [-0.2, 0) is 0 Å². The maximum atomic E-state index is 10.5. The number of halogens is 1. The van der Waals surface area contributed by atoms with Crippen LogP contribution in [0.1, 0.15) is 25.7 Å². The van der Waals surface area contributed by atoms with E-state index < -0.39 is 16.0 Å². The van der Waals surface area contributed by atoms with Crippen molar-refractivity contribution in [2.45, 2.75) is 30.1 Å². The Morgan fingerprint density at radius 2 is 1.92 bits per heavy atom. The highest BCUT2D eigenvalue weighted by atomic mass is 79.9. The number of hydrogen-bond donors (Lipinski definition) is 2. The standard InChI is InChI=1S/C7H14BrNO4/c8-7(6-11,9(12)13)4-2-1-3-5-10/h10-11H,1-6H2. The fourth-order valence-electron chi connectivity index (χ4n) is 0.913. The van der Waals surface area contributed by atoms with E-state index in [1.165, 1.54) is 0 Å². The molecule has 0 saturated carbocycles. The summed E-state index contributed by atoms with van der Waals surface area (Å²) in [6, 6.07) is 0. The Morgan fingerprint density at radius 1 is 1.31 bits per heavy atom. The number of rotatable bonds is 7. The lowest BCUT2D eigenvalue weighted by atomic mass is 10.1. The number of nitrogens with zero attached hydrogens (tertiary/aromatic N) is 1.